The van der Waals surface area contributed by atoms with E-state index >= 15 is 0 Å². The van der Waals surface area contributed by atoms with Crippen molar-refractivity contribution in [1.82, 2.24) is 4.98 Å². The van der Waals surface area contributed by atoms with E-state index < -0.39 is 11.9 Å². The topological polar surface area (TPSA) is 80.3 Å². The summed E-state index contributed by atoms with van der Waals surface area (Å²) in [7, 11) is 0. The number of ether oxygens (including phenoxy) is 1. The van der Waals surface area contributed by atoms with Crippen molar-refractivity contribution >= 4 is 34.0 Å². The molecular formula is C21H21N3O3S. The van der Waals surface area contributed by atoms with E-state index in [1.165, 1.54) is 16.9 Å². The Balaban J connectivity index is 1.45. The van der Waals surface area contributed by atoms with Gasteiger partial charge in [0, 0.05) is 17.6 Å². The third kappa shape index (κ3) is 5.65. The van der Waals surface area contributed by atoms with Gasteiger partial charge in [-0.05, 0) is 29.7 Å². The minimum absolute atomic E-state index is 0.181. The number of hydrogen-bond acceptors (Lipinski definition) is 6. The molecule has 0 saturated carbocycles. The molecule has 0 fully saturated rings. The van der Waals surface area contributed by atoms with Crippen LogP contribution >= 0.6 is 11.3 Å². The Kier molecular flexibility index (Phi) is 6.75. The second-order valence-corrected chi connectivity index (χ2v) is 6.91. The average molecular weight is 395 g/mol. The zero-order chi connectivity index (χ0) is 19.8. The zero-order valence-electron chi connectivity index (χ0n) is 15.5. The van der Waals surface area contributed by atoms with E-state index in [2.05, 4.69) is 22.5 Å². The summed E-state index contributed by atoms with van der Waals surface area (Å²) in [5, 5.41) is 8.09. The molecule has 0 aliphatic carbocycles. The van der Waals surface area contributed by atoms with Gasteiger partial charge in [-0.2, -0.15) is 0 Å². The highest BCUT2D eigenvalue weighted by molar-refractivity contribution is 7.13. The molecule has 3 aromatic rings. The molecule has 0 bridgehead atoms. The molecule has 6 nitrogen and oxygen atoms in total. The summed E-state index contributed by atoms with van der Waals surface area (Å²) in [6, 6.07) is 17.4. The van der Waals surface area contributed by atoms with Gasteiger partial charge in [0.25, 0.3) is 5.91 Å². The molecule has 2 aromatic carbocycles. The van der Waals surface area contributed by atoms with Crippen LogP contribution in [0.1, 0.15) is 28.5 Å². The monoisotopic (exact) mass is 395 g/mol. The van der Waals surface area contributed by atoms with E-state index in [0.717, 1.165) is 12.0 Å². The summed E-state index contributed by atoms with van der Waals surface area (Å²) in [4.78, 5) is 28.2. The summed E-state index contributed by atoms with van der Waals surface area (Å²) >= 11 is 1.31. The highest BCUT2D eigenvalue weighted by Gasteiger charge is 2.14. The molecule has 28 heavy (non-hydrogen) atoms. The van der Waals surface area contributed by atoms with Crippen LogP contribution in [0, 0.1) is 0 Å². The van der Waals surface area contributed by atoms with Crippen molar-refractivity contribution < 1.29 is 14.3 Å². The maximum atomic E-state index is 12.1. The minimum Gasteiger partial charge on any atom is -0.451 e. The predicted octanol–water partition coefficient (Wildman–Crippen LogP) is 4.11. The van der Waals surface area contributed by atoms with Crippen molar-refractivity contribution in [2.24, 2.45) is 0 Å². The van der Waals surface area contributed by atoms with Crippen molar-refractivity contribution in [3.63, 3.8) is 0 Å². The fourth-order valence-corrected chi connectivity index (χ4v) is 3.13. The van der Waals surface area contributed by atoms with Crippen molar-refractivity contribution in [2.45, 2.75) is 19.9 Å². The number of rotatable bonds is 8. The van der Waals surface area contributed by atoms with Gasteiger partial charge in [-0.15, -0.1) is 11.3 Å². The van der Waals surface area contributed by atoms with Gasteiger partial charge in [-0.25, -0.2) is 9.78 Å². The zero-order valence-corrected chi connectivity index (χ0v) is 16.3. The van der Waals surface area contributed by atoms with Crippen molar-refractivity contribution in [3.05, 3.63) is 76.8 Å². The number of anilines is 2. The summed E-state index contributed by atoms with van der Waals surface area (Å²) in [6.07, 6.45) is 0.932. The Morgan fingerprint density at radius 1 is 1.04 bits per heavy atom. The van der Waals surface area contributed by atoms with Crippen LogP contribution in [0.25, 0.3) is 0 Å². The van der Waals surface area contributed by atoms with Gasteiger partial charge in [0.15, 0.2) is 17.4 Å². The smallest absolute Gasteiger partial charge is 0.358 e. The van der Waals surface area contributed by atoms with Crippen LogP contribution in [0.5, 0.6) is 0 Å². The molecule has 0 atom stereocenters. The van der Waals surface area contributed by atoms with E-state index in [1.807, 2.05) is 54.6 Å². The Morgan fingerprint density at radius 3 is 2.50 bits per heavy atom. The molecule has 1 amide bonds. The first kappa shape index (κ1) is 19.6. The van der Waals surface area contributed by atoms with Crippen LogP contribution in [0.3, 0.4) is 0 Å². The van der Waals surface area contributed by atoms with E-state index in [9.17, 15) is 9.59 Å². The van der Waals surface area contributed by atoms with Crippen LogP contribution in [0.2, 0.25) is 0 Å². The Hall–Kier alpha value is -3.19. The third-order valence-corrected chi connectivity index (χ3v) is 4.78. The summed E-state index contributed by atoms with van der Waals surface area (Å²) in [6.45, 7) is 2.31. The normalized spacial score (nSPS) is 10.3. The third-order valence-electron chi connectivity index (χ3n) is 3.98. The highest BCUT2D eigenvalue weighted by atomic mass is 32.1. The van der Waals surface area contributed by atoms with Gasteiger partial charge in [-0.1, -0.05) is 49.4 Å². The minimum atomic E-state index is -0.625. The lowest BCUT2D eigenvalue weighted by Crippen LogP contribution is -2.21. The number of hydrogen-bond donors (Lipinski definition) is 2. The molecule has 1 aromatic heterocycles. The van der Waals surface area contributed by atoms with Gasteiger partial charge in [0.2, 0.25) is 0 Å². The molecule has 1 heterocycles. The first-order chi connectivity index (χ1) is 13.6. The number of esters is 1. The van der Waals surface area contributed by atoms with Gasteiger partial charge in [-0.3, -0.25) is 4.79 Å². The fraction of sp³-hybridized carbons (Fsp3) is 0.190. The Bertz CT molecular complexity index is 924. The molecule has 2 N–H and O–H groups in total. The SMILES string of the molecule is CCc1ccc(NC(=O)COC(=O)c2csc(NCc3ccccc3)n2)cc1. The van der Waals surface area contributed by atoms with E-state index in [0.29, 0.717) is 17.4 Å². The lowest BCUT2D eigenvalue weighted by molar-refractivity contribution is -0.119. The number of aromatic nitrogens is 1. The fourth-order valence-electron chi connectivity index (χ4n) is 2.45. The number of aryl methyl sites for hydroxylation is 1. The molecule has 0 unspecified atom stereocenters. The molecule has 3 rings (SSSR count). The largest absolute Gasteiger partial charge is 0.451 e. The molecule has 0 spiro atoms. The van der Waals surface area contributed by atoms with Gasteiger partial charge < -0.3 is 15.4 Å². The van der Waals surface area contributed by atoms with Gasteiger partial charge >= 0.3 is 5.97 Å². The van der Waals surface area contributed by atoms with Crippen LogP contribution in [-0.2, 0) is 22.5 Å². The Labute approximate surface area is 167 Å². The van der Waals surface area contributed by atoms with Gasteiger partial charge in [0.05, 0.1) is 0 Å². The van der Waals surface area contributed by atoms with Crippen molar-refractivity contribution in [3.8, 4) is 0 Å². The molecule has 0 aliphatic rings. The lowest BCUT2D eigenvalue weighted by atomic mass is 10.1. The molecule has 0 aliphatic heterocycles. The second kappa shape index (κ2) is 9.66. The molecule has 0 radical (unpaired) electrons. The maximum absolute atomic E-state index is 12.1. The molecule has 144 valence electrons. The second-order valence-electron chi connectivity index (χ2n) is 6.05. The number of nitrogens with zero attached hydrogens (tertiary/aromatic N) is 1. The van der Waals surface area contributed by atoms with Gasteiger partial charge in [0.1, 0.15) is 0 Å². The first-order valence-electron chi connectivity index (χ1n) is 8.93. The average Bonchev–Trinajstić information content (AvgIpc) is 3.21. The standard InChI is InChI=1S/C21H21N3O3S/c1-2-15-8-10-17(11-9-15)23-19(25)13-27-20(26)18-14-28-21(24-18)22-12-16-6-4-3-5-7-16/h3-11,14H,2,12-13H2,1H3,(H,22,24)(H,23,25). The number of nitrogens with one attached hydrogen (secondary N) is 2. The summed E-state index contributed by atoms with van der Waals surface area (Å²) in [5.41, 5.74) is 3.15. The number of carbonyl (C=O) groups excluding carboxylic acids is 2. The van der Waals surface area contributed by atoms with E-state index in [4.69, 9.17) is 4.74 Å². The lowest BCUT2D eigenvalue weighted by Gasteiger charge is -2.06. The summed E-state index contributed by atoms with van der Waals surface area (Å²) < 4.78 is 5.05. The van der Waals surface area contributed by atoms with Crippen LogP contribution in [0.15, 0.2) is 60.0 Å². The van der Waals surface area contributed by atoms with Crippen molar-refractivity contribution in [2.75, 3.05) is 17.2 Å². The number of benzene rings is 2. The molecular weight excluding hydrogens is 374 g/mol. The number of amides is 1. The van der Waals surface area contributed by atoms with Crippen LogP contribution < -0.4 is 10.6 Å². The van der Waals surface area contributed by atoms with Crippen LogP contribution in [0.4, 0.5) is 10.8 Å². The quantitative estimate of drug-likeness (QED) is 0.561. The highest BCUT2D eigenvalue weighted by Crippen LogP contribution is 2.17. The molecule has 7 heteroatoms. The van der Waals surface area contributed by atoms with E-state index in [-0.39, 0.29) is 12.3 Å². The van der Waals surface area contributed by atoms with Crippen molar-refractivity contribution in [1.29, 1.82) is 0 Å². The predicted molar refractivity (Wildman–Crippen MR) is 111 cm³/mol. The van der Waals surface area contributed by atoms with E-state index in [1.54, 1.807) is 5.38 Å². The summed E-state index contributed by atoms with van der Waals surface area (Å²) in [5.74, 6) is -1.02. The number of carbonyl (C=O) groups is 2. The maximum Gasteiger partial charge on any atom is 0.358 e. The molecule has 0 saturated heterocycles. The Morgan fingerprint density at radius 2 is 1.79 bits per heavy atom. The van der Waals surface area contributed by atoms with Crippen LogP contribution in [-0.4, -0.2) is 23.5 Å². The number of thiazole rings is 1. The first-order valence-corrected chi connectivity index (χ1v) is 9.81.